The lowest BCUT2D eigenvalue weighted by Crippen LogP contribution is -2.13. The van der Waals surface area contributed by atoms with Crippen LogP contribution in [0.15, 0.2) is 54.6 Å². The van der Waals surface area contributed by atoms with Crippen LogP contribution in [0.1, 0.15) is 0 Å². The van der Waals surface area contributed by atoms with E-state index in [2.05, 4.69) is 0 Å². The van der Waals surface area contributed by atoms with Crippen molar-refractivity contribution in [3.8, 4) is 11.5 Å². The highest BCUT2D eigenvalue weighted by molar-refractivity contribution is 7.62. The van der Waals surface area contributed by atoms with E-state index < -0.39 is 7.60 Å². The second kappa shape index (κ2) is 5.91. The number of benzene rings is 2. The average molecular weight is 278 g/mol. The SMILES string of the molecule is COc1ccccc1P(=O)(OC)Oc1ccccc1. The molecule has 0 aliphatic heterocycles. The van der Waals surface area contributed by atoms with Crippen molar-refractivity contribution in [3.05, 3.63) is 54.6 Å². The number of para-hydroxylation sites is 2. The van der Waals surface area contributed by atoms with Crippen molar-refractivity contribution >= 4 is 12.9 Å². The fraction of sp³-hybridized carbons (Fsp3) is 0.143. The van der Waals surface area contributed by atoms with Gasteiger partial charge in [0.25, 0.3) is 0 Å². The van der Waals surface area contributed by atoms with E-state index >= 15 is 0 Å². The third kappa shape index (κ3) is 2.98. The summed E-state index contributed by atoms with van der Waals surface area (Å²) in [6.45, 7) is 0. The van der Waals surface area contributed by atoms with E-state index in [0.29, 0.717) is 16.8 Å². The lowest BCUT2D eigenvalue weighted by molar-refractivity contribution is 0.331. The molecule has 0 aromatic heterocycles. The van der Waals surface area contributed by atoms with Crippen molar-refractivity contribution in [1.29, 1.82) is 0 Å². The molecule has 0 saturated carbocycles. The van der Waals surface area contributed by atoms with Crippen LogP contribution >= 0.6 is 7.60 Å². The topological polar surface area (TPSA) is 44.8 Å². The monoisotopic (exact) mass is 278 g/mol. The molecule has 1 unspecified atom stereocenters. The van der Waals surface area contributed by atoms with Crippen molar-refractivity contribution < 1.29 is 18.3 Å². The smallest absolute Gasteiger partial charge is 0.414 e. The van der Waals surface area contributed by atoms with Crippen molar-refractivity contribution in [1.82, 2.24) is 0 Å². The number of hydrogen-bond donors (Lipinski definition) is 0. The van der Waals surface area contributed by atoms with E-state index in [-0.39, 0.29) is 0 Å². The highest BCUT2D eigenvalue weighted by Crippen LogP contribution is 2.48. The van der Waals surface area contributed by atoms with Gasteiger partial charge in [-0.05, 0) is 24.3 Å². The van der Waals surface area contributed by atoms with Gasteiger partial charge in [0, 0.05) is 7.11 Å². The summed E-state index contributed by atoms with van der Waals surface area (Å²) < 4.78 is 28.7. The fourth-order valence-corrected chi connectivity index (χ4v) is 3.13. The van der Waals surface area contributed by atoms with Crippen LogP contribution < -0.4 is 14.6 Å². The maximum atomic E-state index is 12.8. The number of ether oxygens (including phenoxy) is 1. The standard InChI is InChI=1S/C14H15O4P/c1-16-13-10-6-7-11-14(13)19(15,17-2)18-12-8-4-3-5-9-12/h3-11H,1-2H3. The van der Waals surface area contributed by atoms with Gasteiger partial charge in [0.15, 0.2) is 0 Å². The highest BCUT2D eigenvalue weighted by Gasteiger charge is 2.31. The molecule has 4 nitrogen and oxygen atoms in total. The zero-order valence-corrected chi connectivity index (χ0v) is 11.7. The molecule has 2 rings (SSSR count). The average Bonchev–Trinajstić information content (AvgIpc) is 2.48. The van der Waals surface area contributed by atoms with E-state index in [1.807, 2.05) is 6.07 Å². The van der Waals surface area contributed by atoms with Gasteiger partial charge in [-0.2, -0.15) is 0 Å². The van der Waals surface area contributed by atoms with Crippen molar-refractivity contribution in [2.45, 2.75) is 0 Å². The molecule has 1 atom stereocenters. The molecular formula is C14H15O4P. The molecule has 0 radical (unpaired) electrons. The zero-order valence-electron chi connectivity index (χ0n) is 10.8. The Bertz CT molecular complexity index is 583. The van der Waals surface area contributed by atoms with E-state index in [1.54, 1.807) is 48.5 Å². The van der Waals surface area contributed by atoms with Crippen molar-refractivity contribution in [3.63, 3.8) is 0 Å². The van der Waals surface area contributed by atoms with Gasteiger partial charge < -0.3 is 9.26 Å². The number of rotatable bonds is 5. The maximum absolute atomic E-state index is 12.8. The lowest BCUT2D eigenvalue weighted by atomic mass is 10.3. The summed E-state index contributed by atoms with van der Waals surface area (Å²) in [5.74, 6) is 0.960. The summed E-state index contributed by atoms with van der Waals surface area (Å²) in [6, 6.07) is 15.9. The summed E-state index contributed by atoms with van der Waals surface area (Å²) in [5, 5.41) is 0.406. The molecule has 2 aromatic rings. The van der Waals surface area contributed by atoms with Gasteiger partial charge in [0.1, 0.15) is 16.8 Å². The minimum atomic E-state index is -3.45. The summed E-state index contributed by atoms with van der Waals surface area (Å²) in [7, 11) is -0.581. The molecule has 19 heavy (non-hydrogen) atoms. The number of hydrogen-bond acceptors (Lipinski definition) is 4. The Morgan fingerprint density at radius 2 is 1.53 bits per heavy atom. The van der Waals surface area contributed by atoms with Crippen LogP contribution in [0.5, 0.6) is 11.5 Å². The van der Waals surface area contributed by atoms with Crippen LogP contribution in [0.3, 0.4) is 0 Å². The molecule has 0 aliphatic carbocycles. The molecule has 100 valence electrons. The van der Waals surface area contributed by atoms with Crippen molar-refractivity contribution in [2.24, 2.45) is 0 Å². The molecule has 0 spiro atoms. The first-order valence-corrected chi connectivity index (χ1v) is 7.28. The fourth-order valence-electron chi connectivity index (χ4n) is 1.66. The first kappa shape index (κ1) is 13.7. The molecule has 0 fully saturated rings. The Balaban J connectivity index is 2.40. The molecule has 0 N–H and O–H groups in total. The molecule has 0 heterocycles. The highest BCUT2D eigenvalue weighted by atomic mass is 31.2. The summed E-state index contributed by atoms with van der Waals surface area (Å²) >= 11 is 0. The second-order valence-corrected chi connectivity index (χ2v) is 5.78. The third-order valence-corrected chi connectivity index (χ3v) is 4.48. The Labute approximate surface area is 112 Å². The van der Waals surface area contributed by atoms with E-state index in [4.69, 9.17) is 13.8 Å². The zero-order chi connectivity index (χ0) is 13.7. The van der Waals surface area contributed by atoms with Crippen LogP contribution in [-0.4, -0.2) is 14.2 Å². The molecule has 2 aromatic carbocycles. The molecule has 0 aliphatic rings. The molecule has 0 bridgehead atoms. The third-order valence-electron chi connectivity index (χ3n) is 2.59. The Morgan fingerprint density at radius 3 is 2.16 bits per heavy atom. The minimum absolute atomic E-state index is 0.406. The largest absolute Gasteiger partial charge is 0.496 e. The van der Waals surface area contributed by atoms with E-state index in [0.717, 1.165) is 0 Å². The molecular weight excluding hydrogens is 263 g/mol. The quantitative estimate of drug-likeness (QED) is 0.788. The minimum Gasteiger partial charge on any atom is -0.496 e. The van der Waals surface area contributed by atoms with Gasteiger partial charge in [0.2, 0.25) is 0 Å². The van der Waals surface area contributed by atoms with Crippen LogP contribution in [0, 0.1) is 0 Å². The Kier molecular flexibility index (Phi) is 4.25. The van der Waals surface area contributed by atoms with Gasteiger partial charge >= 0.3 is 7.60 Å². The number of methoxy groups -OCH3 is 1. The summed E-state index contributed by atoms with van der Waals surface area (Å²) in [5.41, 5.74) is 0. The van der Waals surface area contributed by atoms with Gasteiger partial charge in [-0.3, -0.25) is 4.52 Å². The lowest BCUT2D eigenvalue weighted by Gasteiger charge is -2.19. The van der Waals surface area contributed by atoms with Crippen LogP contribution in [0.2, 0.25) is 0 Å². The molecule has 0 amide bonds. The summed E-state index contributed by atoms with van der Waals surface area (Å²) in [6.07, 6.45) is 0. The Hall–Kier alpha value is -1.77. The second-order valence-electron chi connectivity index (χ2n) is 3.76. The van der Waals surface area contributed by atoms with Gasteiger partial charge in [-0.25, -0.2) is 4.57 Å². The maximum Gasteiger partial charge on any atom is 0.414 e. The predicted octanol–water partition coefficient (Wildman–Crippen LogP) is 3.24. The van der Waals surface area contributed by atoms with Gasteiger partial charge in [0.05, 0.1) is 7.11 Å². The van der Waals surface area contributed by atoms with Crippen molar-refractivity contribution in [2.75, 3.05) is 14.2 Å². The van der Waals surface area contributed by atoms with Crippen LogP contribution in [0.4, 0.5) is 0 Å². The summed E-state index contributed by atoms with van der Waals surface area (Å²) in [4.78, 5) is 0. The molecule has 0 saturated heterocycles. The normalized spacial score (nSPS) is 13.6. The first-order valence-electron chi connectivity index (χ1n) is 5.73. The Morgan fingerprint density at radius 1 is 0.895 bits per heavy atom. The van der Waals surface area contributed by atoms with Gasteiger partial charge in [-0.1, -0.05) is 30.3 Å². The predicted molar refractivity (Wildman–Crippen MR) is 74.3 cm³/mol. The van der Waals surface area contributed by atoms with Crippen LogP contribution in [0.25, 0.3) is 0 Å². The van der Waals surface area contributed by atoms with Crippen LogP contribution in [-0.2, 0) is 9.09 Å². The first-order chi connectivity index (χ1) is 9.19. The van der Waals surface area contributed by atoms with E-state index in [1.165, 1.54) is 14.2 Å². The molecule has 5 heteroatoms. The van der Waals surface area contributed by atoms with Gasteiger partial charge in [-0.15, -0.1) is 0 Å². The van der Waals surface area contributed by atoms with E-state index in [9.17, 15) is 4.57 Å².